The van der Waals surface area contributed by atoms with Crippen molar-refractivity contribution in [1.29, 1.82) is 0 Å². The summed E-state index contributed by atoms with van der Waals surface area (Å²) in [5, 5.41) is 5.58. The van der Waals surface area contributed by atoms with Crippen molar-refractivity contribution in [2.75, 3.05) is 16.8 Å². The van der Waals surface area contributed by atoms with E-state index in [1.165, 1.54) is 23.5 Å². The zero-order valence-corrected chi connectivity index (χ0v) is 13.2. The van der Waals surface area contributed by atoms with Gasteiger partial charge in [0.25, 0.3) is 0 Å². The Kier molecular flexibility index (Phi) is 3.90. The fourth-order valence-electron chi connectivity index (χ4n) is 2.26. The zero-order valence-electron chi connectivity index (χ0n) is 10.8. The van der Waals surface area contributed by atoms with E-state index in [0.717, 1.165) is 5.69 Å². The zero-order chi connectivity index (χ0) is 15.0. The van der Waals surface area contributed by atoms with E-state index in [9.17, 15) is 12.8 Å². The molecule has 1 saturated heterocycles. The summed E-state index contributed by atoms with van der Waals surface area (Å²) in [6.45, 7) is 0. The summed E-state index contributed by atoms with van der Waals surface area (Å²) in [6.07, 6.45) is 0.619. The van der Waals surface area contributed by atoms with Gasteiger partial charge in [0.2, 0.25) is 0 Å². The van der Waals surface area contributed by atoms with E-state index < -0.39 is 15.7 Å². The lowest BCUT2D eigenvalue weighted by atomic mass is 10.1. The maximum Gasteiger partial charge on any atom is 0.187 e. The molecule has 1 aliphatic rings. The monoisotopic (exact) mass is 346 g/mol. The van der Waals surface area contributed by atoms with Gasteiger partial charge in [-0.2, -0.15) is 0 Å². The molecule has 0 amide bonds. The Morgan fingerprint density at radius 1 is 1.43 bits per heavy atom. The molecule has 0 spiro atoms. The van der Waals surface area contributed by atoms with Crippen LogP contribution in [0, 0.1) is 5.82 Å². The molecule has 0 radical (unpaired) electrons. The molecule has 21 heavy (non-hydrogen) atoms. The van der Waals surface area contributed by atoms with E-state index in [1.807, 2.05) is 5.38 Å². The SMILES string of the molecule is O=S1(=O)CCC(c2csc(Nc3ccc(F)c(Cl)c3)n2)C1. The van der Waals surface area contributed by atoms with Crippen molar-refractivity contribution in [3.05, 3.63) is 40.1 Å². The van der Waals surface area contributed by atoms with Gasteiger partial charge >= 0.3 is 0 Å². The minimum Gasteiger partial charge on any atom is -0.331 e. The molecule has 1 unspecified atom stereocenters. The fourth-order valence-corrected chi connectivity index (χ4v) is 5.01. The number of hydrogen-bond donors (Lipinski definition) is 1. The van der Waals surface area contributed by atoms with Crippen LogP contribution in [0.1, 0.15) is 18.0 Å². The number of halogens is 2. The summed E-state index contributed by atoms with van der Waals surface area (Å²) in [5.74, 6) is -0.110. The Balaban J connectivity index is 1.75. The van der Waals surface area contributed by atoms with Crippen molar-refractivity contribution in [1.82, 2.24) is 4.98 Å². The molecule has 1 aromatic carbocycles. The number of anilines is 2. The fraction of sp³-hybridized carbons (Fsp3) is 0.308. The van der Waals surface area contributed by atoms with Gasteiger partial charge in [0.05, 0.1) is 22.2 Å². The Bertz CT molecular complexity index is 776. The second-order valence-electron chi connectivity index (χ2n) is 4.93. The molecule has 1 N–H and O–H groups in total. The third-order valence-electron chi connectivity index (χ3n) is 3.34. The minimum atomic E-state index is -2.92. The first kappa shape index (κ1) is 14.7. The van der Waals surface area contributed by atoms with Crippen LogP contribution in [0.2, 0.25) is 5.02 Å². The molecule has 4 nitrogen and oxygen atoms in total. The van der Waals surface area contributed by atoms with Crippen LogP contribution in [0.15, 0.2) is 23.6 Å². The molecule has 0 saturated carbocycles. The third-order valence-corrected chi connectivity index (χ3v) is 6.18. The normalized spacial score (nSPS) is 20.6. The molecule has 2 heterocycles. The van der Waals surface area contributed by atoms with Crippen LogP contribution >= 0.6 is 22.9 Å². The van der Waals surface area contributed by atoms with Crippen LogP contribution < -0.4 is 5.32 Å². The third kappa shape index (κ3) is 3.36. The molecule has 0 bridgehead atoms. The lowest BCUT2D eigenvalue weighted by molar-refractivity contribution is 0.601. The Morgan fingerprint density at radius 3 is 2.90 bits per heavy atom. The number of rotatable bonds is 3. The highest BCUT2D eigenvalue weighted by Gasteiger charge is 2.30. The van der Waals surface area contributed by atoms with Gasteiger partial charge in [-0.25, -0.2) is 17.8 Å². The molecular weight excluding hydrogens is 335 g/mol. The molecule has 1 fully saturated rings. The standard InChI is InChI=1S/C13H12ClFN2O2S2/c14-10-5-9(1-2-11(10)15)16-13-17-12(6-20-13)8-3-4-21(18,19)7-8/h1-2,5-6,8H,3-4,7H2,(H,16,17). The Morgan fingerprint density at radius 2 is 2.24 bits per heavy atom. The molecule has 3 rings (SSSR count). The van der Waals surface area contributed by atoms with Crippen LogP contribution in [0.3, 0.4) is 0 Å². The second-order valence-corrected chi connectivity index (χ2v) is 8.43. The van der Waals surface area contributed by atoms with Crippen molar-refractivity contribution in [3.63, 3.8) is 0 Å². The van der Waals surface area contributed by atoms with Crippen molar-refractivity contribution in [2.24, 2.45) is 0 Å². The summed E-state index contributed by atoms with van der Waals surface area (Å²) in [4.78, 5) is 4.41. The maximum atomic E-state index is 13.1. The molecule has 2 aromatic rings. The van der Waals surface area contributed by atoms with Crippen molar-refractivity contribution in [2.45, 2.75) is 12.3 Å². The maximum absolute atomic E-state index is 13.1. The number of nitrogens with zero attached hydrogens (tertiary/aromatic N) is 1. The highest BCUT2D eigenvalue weighted by atomic mass is 35.5. The Labute approximate surface area is 130 Å². The number of nitrogens with one attached hydrogen (secondary N) is 1. The van der Waals surface area contributed by atoms with Gasteiger partial charge in [0.15, 0.2) is 15.0 Å². The number of hydrogen-bond acceptors (Lipinski definition) is 5. The van der Waals surface area contributed by atoms with Crippen LogP contribution in [-0.4, -0.2) is 24.9 Å². The topological polar surface area (TPSA) is 59.1 Å². The number of thiazole rings is 1. The van der Waals surface area contributed by atoms with Gasteiger partial charge in [-0.1, -0.05) is 11.6 Å². The number of aromatic nitrogens is 1. The van der Waals surface area contributed by atoms with Crippen LogP contribution in [-0.2, 0) is 9.84 Å². The van der Waals surface area contributed by atoms with E-state index in [4.69, 9.17) is 11.6 Å². The molecule has 1 atom stereocenters. The van der Waals surface area contributed by atoms with Crippen LogP contribution in [0.25, 0.3) is 0 Å². The molecule has 112 valence electrons. The van der Waals surface area contributed by atoms with E-state index in [0.29, 0.717) is 17.2 Å². The second kappa shape index (κ2) is 5.55. The predicted octanol–water partition coefficient (Wildman–Crippen LogP) is 3.58. The lowest BCUT2D eigenvalue weighted by Crippen LogP contribution is -2.04. The average Bonchev–Trinajstić information content (AvgIpc) is 3.00. The van der Waals surface area contributed by atoms with Crippen molar-refractivity contribution in [3.8, 4) is 0 Å². The quantitative estimate of drug-likeness (QED) is 0.922. The van der Waals surface area contributed by atoms with Gasteiger partial charge in [-0.15, -0.1) is 11.3 Å². The first-order chi connectivity index (χ1) is 9.93. The number of sulfone groups is 1. The summed E-state index contributed by atoms with van der Waals surface area (Å²) in [7, 11) is -2.92. The van der Waals surface area contributed by atoms with Gasteiger partial charge in [-0.05, 0) is 24.6 Å². The smallest absolute Gasteiger partial charge is 0.187 e. The van der Waals surface area contributed by atoms with Gasteiger partial charge in [-0.3, -0.25) is 0 Å². The highest BCUT2D eigenvalue weighted by molar-refractivity contribution is 7.91. The highest BCUT2D eigenvalue weighted by Crippen LogP contribution is 2.32. The summed E-state index contributed by atoms with van der Waals surface area (Å²) >= 11 is 7.11. The van der Waals surface area contributed by atoms with Gasteiger partial charge < -0.3 is 5.32 Å². The largest absolute Gasteiger partial charge is 0.331 e. The predicted molar refractivity (Wildman–Crippen MR) is 82.8 cm³/mol. The van der Waals surface area contributed by atoms with E-state index in [1.54, 1.807) is 6.07 Å². The lowest BCUT2D eigenvalue weighted by Gasteiger charge is -2.04. The molecule has 1 aliphatic heterocycles. The van der Waals surface area contributed by atoms with E-state index in [-0.39, 0.29) is 22.4 Å². The minimum absolute atomic E-state index is 0.0291. The molecule has 0 aliphatic carbocycles. The average molecular weight is 347 g/mol. The number of benzene rings is 1. The van der Waals surface area contributed by atoms with Crippen molar-refractivity contribution < 1.29 is 12.8 Å². The first-order valence-corrected chi connectivity index (χ1v) is 9.39. The summed E-state index contributed by atoms with van der Waals surface area (Å²) < 4.78 is 36.1. The first-order valence-electron chi connectivity index (χ1n) is 6.31. The van der Waals surface area contributed by atoms with E-state index >= 15 is 0 Å². The van der Waals surface area contributed by atoms with Crippen LogP contribution in [0.4, 0.5) is 15.2 Å². The van der Waals surface area contributed by atoms with Gasteiger partial charge in [0, 0.05) is 17.0 Å². The van der Waals surface area contributed by atoms with E-state index in [2.05, 4.69) is 10.3 Å². The van der Waals surface area contributed by atoms with Gasteiger partial charge in [0.1, 0.15) is 5.82 Å². The summed E-state index contributed by atoms with van der Waals surface area (Å²) in [6, 6.07) is 4.34. The summed E-state index contributed by atoms with van der Waals surface area (Å²) in [5.41, 5.74) is 1.43. The molecular formula is C13H12ClFN2O2S2. The molecule has 8 heteroatoms. The molecule has 1 aromatic heterocycles. The van der Waals surface area contributed by atoms with Crippen LogP contribution in [0.5, 0.6) is 0 Å². The Hall–Kier alpha value is -1.18. The van der Waals surface area contributed by atoms with Crippen molar-refractivity contribution >= 4 is 43.6 Å².